The van der Waals surface area contributed by atoms with Crippen molar-refractivity contribution < 1.29 is 4.39 Å². The molecule has 1 fully saturated rings. The van der Waals surface area contributed by atoms with Gasteiger partial charge in [0.1, 0.15) is 5.69 Å². The summed E-state index contributed by atoms with van der Waals surface area (Å²) in [4.78, 5) is 22.2. The van der Waals surface area contributed by atoms with Gasteiger partial charge in [-0.3, -0.25) is 4.79 Å². The summed E-state index contributed by atoms with van der Waals surface area (Å²) in [5.74, 6) is -0.0701. The Morgan fingerprint density at radius 2 is 2.12 bits per heavy atom. The van der Waals surface area contributed by atoms with E-state index < -0.39 is 5.82 Å². The molecule has 0 radical (unpaired) electrons. The monoisotopic (exact) mass is 354 g/mol. The average Bonchev–Trinajstić information content (AvgIpc) is 2.64. The molecule has 0 saturated heterocycles. The largest absolute Gasteiger partial charge is 0.351 e. The Morgan fingerprint density at radius 3 is 2.81 bits per heavy atom. The van der Waals surface area contributed by atoms with Gasteiger partial charge in [0, 0.05) is 18.3 Å². The number of aromatic nitrogens is 3. The van der Waals surface area contributed by atoms with Crippen molar-refractivity contribution in [1.82, 2.24) is 15.0 Å². The molecule has 1 aliphatic rings. The highest BCUT2D eigenvalue weighted by atomic mass is 19.1. The lowest BCUT2D eigenvalue weighted by molar-refractivity contribution is 0.460. The van der Waals surface area contributed by atoms with Gasteiger partial charge in [0.15, 0.2) is 5.82 Å². The first-order valence-corrected chi connectivity index (χ1v) is 8.88. The first-order chi connectivity index (χ1) is 12.5. The van der Waals surface area contributed by atoms with Crippen molar-refractivity contribution in [2.75, 3.05) is 5.32 Å². The Balaban J connectivity index is 1.79. The minimum Gasteiger partial charge on any atom is -0.351 e. The second-order valence-corrected chi connectivity index (χ2v) is 6.66. The Morgan fingerprint density at radius 1 is 1.35 bits per heavy atom. The van der Waals surface area contributed by atoms with Gasteiger partial charge in [-0.25, -0.2) is 14.4 Å². The molecule has 6 heteroatoms. The lowest BCUT2D eigenvalue weighted by Crippen LogP contribution is -2.23. The number of H-pyrrole nitrogens is 1. The number of pyridine rings is 1. The van der Waals surface area contributed by atoms with Crippen LogP contribution in [0, 0.1) is 5.82 Å². The quantitative estimate of drug-likeness (QED) is 0.791. The SMILES string of the molecule is C=C(/C=C(\C)c1ccc(=O)[nH]c1)c1nc(NC2CCCCC2)ncc1F. The number of nitrogens with zero attached hydrogens (tertiary/aromatic N) is 2. The smallest absolute Gasteiger partial charge is 0.247 e. The molecule has 3 rings (SSSR count). The highest BCUT2D eigenvalue weighted by Gasteiger charge is 2.16. The fourth-order valence-corrected chi connectivity index (χ4v) is 3.16. The van der Waals surface area contributed by atoms with Crippen LogP contribution in [-0.4, -0.2) is 21.0 Å². The van der Waals surface area contributed by atoms with Crippen LogP contribution in [0.15, 0.2) is 42.0 Å². The number of rotatable bonds is 5. The molecule has 1 aliphatic carbocycles. The predicted molar refractivity (Wildman–Crippen MR) is 102 cm³/mol. The summed E-state index contributed by atoms with van der Waals surface area (Å²) in [5, 5.41) is 3.30. The van der Waals surface area contributed by atoms with Gasteiger partial charge in [-0.2, -0.15) is 0 Å². The standard InChI is InChI=1S/C20H23FN4O/c1-13(15-8-9-18(26)22-11-15)10-14(2)19-17(21)12-23-20(25-19)24-16-6-4-3-5-7-16/h8-12,16H,2-7H2,1H3,(H,22,26)(H,23,24,25)/b13-10+. The van der Waals surface area contributed by atoms with E-state index in [0.29, 0.717) is 17.6 Å². The van der Waals surface area contributed by atoms with Crippen molar-refractivity contribution in [3.8, 4) is 0 Å². The van der Waals surface area contributed by atoms with Crippen LogP contribution in [0.5, 0.6) is 0 Å². The van der Waals surface area contributed by atoms with Crippen molar-refractivity contribution in [3.63, 3.8) is 0 Å². The zero-order valence-corrected chi connectivity index (χ0v) is 14.9. The molecule has 26 heavy (non-hydrogen) atoms. The molecule has 0 amide bonds. The van der Waals surface area contributed by atoms with Gasteiger partial charge >= 0.3 is 0 Å². The summed E-state index contributed by atoms with van der Waals surface area (Å²) in [6, 6.07) is 3.51. The fourth-order valence-electron chi connectivity index (χ4n) is 3.16. The molecular weight excluding hydrogens is 331 g/mol. The van der Waals surface area contributed by atoms with E-state index in [0.717, 1.165) is 24.0 Å². The molecule has 136 valence electrons. The summed E-state index contributed by atoms with van der Waals surface area (Å²) >= 11 is 0. The van der Waals surface area contributed by atoms with Gasteiger partial charge < -0.3 is 10.3 Å². The van der Waals surface area contributed by atoms with Crippen molar-refractivity contribution in [1.29, 1.82) is 0 Å². The molecule has 0 spiro atoms. The third-order valence-corrected chi connectivity index (χ3v) is 4.62. The van der Waals surface area contributed by atoms with Crippen LogP contribution in [0.3, 0.4) is 0 Å². The molecule has 0 bridgehead atoms. The second-order valence-electron chi connectivity index (χ2n) is 6.66. The molecule has 2 aromatic heterocycles. The number of halogens is 1. The summed E-state index contributed by atoms with van der Waals surface area (Å²) in [6.07, 6.45) is 10.4. The lowest BCUT2D eigenvalue weighted by atomic mass is 9.96. The van der Waals surface area contributed by atoms with Gasteiger partial charge in [-0.05, 0) is 48.6 Å². The zero-order chi connectivity index (χ0) is 18.5. The maximum atomic E-state index is 14.2. The van der Waals surface area contributed by atoms with E-state index in [1.165, 1.54) is 31.5 Å². The molecule has 0 aromatic carbocycles. The van der Waals surface area contributed by atoms with Gasteiger partial charge in [-0.1, -0.05) is 25.8 Å². The van der Waals surface area contributed by atoms with E-state index in [1.54, 1.807) is 18.3 Å². The highest BCUT2D eigenvalue weighted by molar-refractivity contribution is 5.80. The molecule has 0 unspecified atom stereocenters. The van der Waals surface area contributed by atoms with Crippen LogP contribution in [0.4, 0.5) is 10.3 Å². The van der Waals surface area contributed by atoms with Crippen LogP contribution in [0.2, 0.25) is 0 Å². The van der Waals surface area contributed by atoms with Gasteiger partial charge in [0.05, 0.1) is 6.20 Å². The van der Waals surface area contributed by atoms with E-state index in [-0.39, 0.29) is 11.3 Å². The van der Waals surface area contributed by atoms with Crippen LogP contribution >= 0.6 is 0 Å². The third kappa shape index (κ3) is 4.45. The minimum absolute atomic E-state index is 0.166. The Hall–Kier alpha value is -2.76. The van der Waals surface area contributed by atoms with Crippen molar-refractivity contribution in [2.45, 2.75) is 45.1 Å². The zero-order valence-electron chi connectivity index (χ0n) is 14.9. The molecule has 1 saturated carbocycles. The number of anilines is 1. The van der Waals surface area contributed by atoms with E-state index >= 15 is 0 Å². The Kier molecular flexibility index (Phi) is 5.61. The van der Waals surface area contributed by atoms with E-state index in [1.807, 2.05) is 6.92 Å². The molecule has 0 atom stereocenters. The van der Waals surface area contributed by atoms with Crippen molar-refractivity contribution >= 4 is 17.1 Å². The number of nitrogens with one attached hydrogen (secondary N) is 2. The third-order valence-electron chi connectivity index (χ3n) is 4.62. The Labute approximate surface area is 152 Å². The van der Waals surface area contributed by atoms with Gasteiger partial charge in [0.2, 0.25) is 11.5 Å². The van der Waals surface area contributed by atoms with Crippen LogP contribution in [0.1, 0.15) is 50.3 Å². The van der Waals surface area contributed by atoms with Crippen LogP contribution in [0.25, 0.3) is 11.1 Å². The number of aromatic amines is 1. The van der Waals surface area contributed by atoms with E-state index in [9.17, 15) is 9.18 Å². The minimum atomic E-state index is -0.505. The first kappa shape index (κ1) is 18.0. The molecule has 2 N–H and O–H groups in total. The fraction of sp³-hybridized carbons (Fsp3) is 0.350. The summed E-state index contributed by atoms with van der Waals surface area (Å²) in [5.41, 5.74) is 2.16. The maximum Gasteiger partial charge on any atom is 0.247 e. The molecule has 5 nitrogen and oxygen atoms in total. The molecule has 2 aromatic rings. The van der Waals surface area contributed by atoms with E-state index in [4.69, 9.17) is 0 Å². The van der Waals surface area contributed by atoms with Crippen LogP contribution in [-0.2, 0) is 0 Å². The Bertz CT molecular complexity index is 861. The van der Waals surface area contributed by atoms with Crippen LogP contribution < -0.4 is 10.9 Å². The predicted octanol–water partition coefficient (Wildman–Crippen LogP) is 4.17. The summed E-state index contributed by atoms with van der Waals surface area (Å²) in [6.45, 7) is 5.82. The van der Waals surface area contributed by atoms with Gasteiger partial charge in [-0.15, -0.1) is 0 Å². The van der Waals surface area contributed by atoms with Gasteiger partial charge in [0.25, 0.3) is 0 Å². The molecule has 2 heterocycles. The normalized spacial score (nSPS) is 15.7. The average molecular weight is 354 g/mol. The van der Waals surface area contributed by atoms with E-state index in [2.05, 4.69) is 26.8 Å². The molecular formula is C20H23FN4O. The lowest BCUT2D eigenvalue weighted by Gasteiger charge is -2.22. The first-order valence-electron chi connectivity index (χ1n) is 8.88. The van der Waals surface area contributed by atoms with Crippen molar-refractivity contribution in [2.24, 2.45) is 0 Å². The summed E-state index contributed by atoms with van der Waals surface area (Å²) in [7, 11) is 0. The van der Waals surface area contributed by atoms with Crippen molar-refractivity contribution in [3.05, 3.63) is 64.6 Å². The number of allylic oxidation sites excluding steroid dienone is 3. The second kappa shape index (κ2) is 8.08. The number of hydrogen-bond donors (Lipinski definition) is 2. The topological polar surface area (TPSA) is 70.7 Å². The highest BCUT2D eigenvalue weighted by Crippen LogP contribution is 2.23. The molecule has 0 aliphatic heterocycles. The number of hydrogen-bond acceptors (Lipinski definition) is 4. The maximum absolute atomic E-state index is 14.2. The summed E-state index contributed by atoms with van der Waals surface area (Å²) < 4.78 is 14.2.